The van der Waals surface area contributed by atoms with E-state index >= 15 is 0 Å². The molecule has 0 radical (unpaired) electrons. The molecule has 0 atom stereocenters. The Kier molecular flexibility index (Phi) is 2.63. The fourth-order valence-electron chi connectivity index (χ4n) is 1.42. The molecule has 2 rings (SSSR count). The summed E-state index contributed by atoms with van der Waals surface area (Å²) in [4.78, 5) is 4.38. The third-order valence-electron chi connectivity index (χ3n) is 2.14. The van der Waals surface area contributed by atoms with E-state index in [9.17, 15) is 0 Å². The lowest BCUT2D eigenvalue weighted by Crippen LogP contribution is -1.83. The van der Waals surface area contributed by atoms with Gasteiger partial charge in [0.1, 0.15) is 5.52 Å². The molecule has 0 unspecified atom stereocenters. The molecule has 14 heavy (non-hydrogen) atoms. The van der Waals surface area contributed by atoms with E-state index in [2.05, 4.69) is 11.6 Å². The first-order chi connectivity index (χ1) is 6.90. The number of oxazole rings is 1. The molecule has 72 valence electrons. The van der Waals surface area contributed by atoms with Gasteiger partial charge in [-0.05, 0) is 25.0 Å². The number of para-hydroxylation sites is 2. The maximum Gasteiger partial charge on any atom is 0.195 e. The lowest BCUT2D eigenvalue weighted by Gasteiger charge is -1.90. The summed E-state index contributed by atoms with van der Waals surface area (Å²) in [5.74, 6) is 0.827. The molecule has 1 aromatic carbocycles. The summed E-state index contributed by atoms with van der Waals surface area (Å²) in [6.45, 7) is 3.68. The number of hydrogen-bond donors (Lipinski definition) is 0. The monoisotopic (exact) mass is 187 g/mol. The van der Waals surface area contributed by atoms with Gasteiger partial charge in [0.15, 0.2) is 11.5 Å². The van der Waals surface area contributed by atoms with Gasteiger partial charge in [0.2, 0.25) is 0 Å². The molecular formula is C12H13NO. The average Bonchev–Trinajstić information content (AvgIpc) is 2.60. The number of fused-ring (bicyclic) bond motifs is 1. The van der Waals surface area contributed by atoms with Gasteiger partial charge in [-0.25, -0.2) is 4.98 Å². The van der Waals surface area contributed by atoms with Crippen molar-refractivity contribution in [1.29, 1.82) is 0 Å². The highest BCUT2D eigenvalue weighted by molar-refractivity contribution is 5.72. The topological polar surface area (TPSA) is 26.0 Å². The molecular weight excluding hydrogens is 174 g/mol. The van der Waals surface area contributed by atoms with Crippen LogP contribution in [0, 0.1) is 0 Å². The largest absolute Gasteiger partial charge is 0.441 e. The molecule has 1 heterocycles. The predicted octanol–water partition coefficient (Wildman–Crippen LogP) is 3.34. The summed E-state index contributed by atoms with van der Waals surface area (Å²) in [7, 11) is 0. The van der Waals surface area contributed by atoms with Crippen LogP contribution < -0.4 is 0 Å². The van der Waals surface area contributed by atoms with Crippen LogP contribution >= 0.6 is 0 Å². The normalized spacial score (nSPS) is 10.6. The standard InChI is InChI=1S/C12H13NO/c1-2-3-4-9-12-13-10-7-5-6-8-11(10)14-12/h2,5-8H,1,3-4,9H2. The highest BCUT2D eigenvalue weighted by Gasteiger charge is 2.03. The van der Waals surface area contributed by atoms with Crippen molar-refractivity contribution in [3.8, 4) is 0 Å². The summed E-state index contributed by atoms with van der Waals surface area (Å²) < 4.78 is 5.57. The molecule has 0 bridgehead atoms. The van der Waals surface area contributed by atoms with Crippen molar-refractivity contribution in [3.05, 3.63) is 42.8 Å². The maximum atomic E-state index is 5.57. The Labute approximate surface area is 83.3 Å². The van der Waals surface area contributed by atoms with Gasteiger partial charge in [-0.15, -0.1) is 6.58 Å². The van der Waals surface area contributed by atoms with Crippen LogP contribution in [0.4, 0.5) is 0 Å². The first-order valence-electron chi connectivity index (χ1n) is 4.85. The second kappa shape index (κ2) is 4.09. The zero-order chi connectivity index (χ0) is 9.80. The smallest absolute Gasteiger partial charge is 0.195 e. The summed E-state index contributed by atoms with van der Waals surface area (Å²) in [6, 6.07) is 7.84. The molecule has 0 aliphatic carbocycles. The van der Waals surface area contributed by atoms with Crippen LogP contribution in [0.5, 0.6) is 0 Å². The lowest BCUT2D eigenvalue weighted by atomic mass is 10.2. The second-order valence-corrected chi connectivity index (χ2v) is 3.26. The minimum Gasteiger partial charge on any atom is -0.441 e. The van der Waals surface area contributed by atoms with E-state index in [1.165, 1.54) is 0 Å². The summed E-state index contributed by atoms with van der Waals surface area (Å²) in [5, 5.41) is 0. The molecule has 2 aromatic rings. The van der Waals surface area contributed by atoms with Crippen molar-refractivity contribution in [1.82, 2.24) is 4.98 Å². The third kappa shape index (κ3) is 1.84. The fourth-order valence-corrected chi connectivity index (χ4v) is 1.42. The van der Waals surface area contributed by atoms with E-state index in [4.69, 9.17) is 4.42 Å². The Hall–Kier alpha value is -1.57. The fraction of sp³-hybridized carbons (Fsp3) is 0.250. The molecule has 0 fully saturated rings. The van der Waals surface area contributed by atoms with E-state index in [1.807, 2.05) is 30.3 Å². The number of aryl methyl sites for hydroxylation is 1. The van der Waals surface area contributed by atoms with Gasteiger partial charge in [-0.3, -0.25) is 0 Å². The molecule has 0 saturated heterocycles. The van der Waals surface area contributed by atoms with Crippen molar-refractivity contribution in [2.45, 2.75) is 19.3 Å². The average molecular weight is 187 g/mol. The molecule has 0 amide bonds. The zero-order valence-electron chi connectivity index (χ0n) is 8.07. The Morgan fingerprint density at radius 2 is 2.21 bits per heavy atom. The van der Waals surface area contributed by atoms with Crippen molar-refractivity contribution in [2.75, 3.05) is 0 Å². The number of allylic oxidation sites excluding steroid dienone is 1. The Balaban J connectivity index is 2.14. The van der Waals surface area contributed by atoms with Gasteiger partial charge >= 0.3 is 0 Å². The minimum absolute atomic E-state index is 0.827. The van der Waals surface area contributed by atoms with E-state index < -0.39 is 0 Å². The summed E-state index contributed by atoms with van der Waals surface area (Å²) in [5.41, 5.74) is 1.82. The van der Waals surface area contributed by atoms with Crippen LogP contribution in [0.2, 0.25) is 0 Å². The van der Waals surface area contributed by atoms with E-state index in [0.717, 1.165) is 36.3 Å². The van der Waals surface area contributed by atoms with Crippen LogP contribution in [-0.4, -0.2) is 4.98 Å². The van der Waals surface area contributed by atoms with Crippen LogP contribution in [0.25, 0.3) is 11.1 Å². The van der Waals surface area contributed by atoms with Crippen LogP contribution in [-0.2, 0) is 6.42 Å². The molecule has 0 N–H and O–H groups in total. The van der Waals surface area contributed by atoms with Crippen molar-refractivity contribution >= 4 is 11.1 Å². The van der Waals surface area contributed by atoms with Gasteiger partial charge in [-0.2, -0.15) is 0 Å². The third-order valence-corrected chi connectivity index (χ3v) is 2.14. The first kappa shape index (κ1) is 9.00. The molecule has 2 nitrogen and oxygen atoms in total. The Bertz CT molecular complexity index is 398. The minimum atomic E-state index is 0.827. The zero-order valence-corrected chi connectivity index (χ0v) is 8.07. The Morgan fingerprint density at radius 1 is 1.36 bits per heavy atom. The number of aromatic nitrogens is 1. The van der Waals surface area contributed by atoms with Gasteiger partial charge in [0.05, 0.1) is 0 Å². The number of unbranched alkanes of at least 4 members (excludes halogenated alkanes) is 1. The number of nitrogens with zero attached hydrogens (tertiary/aromatic N) is 1. The molecule has 0 spiro atoms. The van der Waals surface area contributed by atoms with E-state index in [-0.39, 0.29) is 0 Å². The maximum absolute atomic E-state index is 5.57. The molecule has 1 aromatic heterocycles. The second-order valence-electron chi connectivity index (χ2n) is 3.26. The van der Waals surface area contributed by atoms with Gasteiger partial charge in [-0.1, -0.05) is 18.2 Å². The predicted molar refractivity (Wildman–Crippen MR) is 57.1 cm³/mol. The quantitative estimate of drug-likeness (QED) is 0.542. The first-order valence-corrected chi connectivity index (χ1v) is 4.85. The molecule has 0 aliphatic rings. The van der Waals surface area contributed by atoms with Gasteiger partial charge < -0.3 is 4.42 Å². The van der Waals surface area contributed by atoms with Crippen molar-refractivity contribution in [3.63, 3.8) is 0 Å². The summed E-state index contributed by atoms with van der Waals surface area (Å²) >= 11 is 0. The van der Waals surface area contributed by atoms with Gasteiger partial charge in [0, 0.05) is 6.42 Å². The lowest BCUT2D eigenvalue weighted by molar-refractivity contribution is 0.521. The van der Waals surface area contributed by atoms with E-state index in [1.54, 1.807) is 0 Å². The SMILES string of the molecule is C=CCCCc1nc2ccccc2o1. The highest BCUT2D eigenvalue weighted by atomic mass is 16.3. The molecule has 0 saturated carbocycles. The van der Waals surface area contributed by atoms with Crippen LogP contribution in [0.15, 0.2) is 41.3 Å². The number of hydrogen-bond acceptors (Lipinski definition) is 2. The Morgan fingerprint density at radius 3 is 3.00 bits per heavy atom. The molecule has 0 aliphatic heterocycles. The van der Waals surface area contributed by atoms with Crippen molar-refractivity contribution < 1.29 is 4.42 Å². The van der Waals surface area contributed by atoms with Crippen molar-refractivity contribution in [2.24, 2.45) is 0 Å². The van der Waals surface area contributed by atoms with E-state index in [0.29, 0.717) is 0 Å². The summed E-state index contributed by atoms with van der Waals surface area (Å²) in [6.07, 6.45) is 4.87. The number of rotatable bonds is 4. The van der Waals surface area contributed by atoms with Gasteiger partial charge in [0.25, 0.3) is 0 Å². The molecule has 2 heteroatoms. The highest BCUT2D eigenvalue weighted by Crippen LogP contribution is 2.15. The van der Waals surface area contributed by atoms with Crippen LogP contribution in [0.3, 0.4) is 0 Å². The van der Waals surface area contributed by atoms with Crippen LogP contribution in [0.1, 0.15) is 18.7 Å². The number of benzene rings is 1.